The van der Waals surface area contributed by atoms with Crippen LogP contribution in [-0.4, -0.2) is 42.4 Å². The molecule has 0 radical (unpaired) electrons. The maximum Gasteiger partial charge on any atom is 0.124 e. The van der Waals surface area contributed by atoms with Gasteiger partial charge in [0, 0.05) is 18.3 Å². The third kappa shape index (κ3) is 3.42. The van der Waals surface area contributed by atoms with Crippen molar-refractivity contribution in [2.75, 3.05) is 26.2 Å². The van der Waals surface area contributed by atoms with E-state index in [2.05, 4.69) is 16.0 Å². The summed E-state index contributed by atoms with van der Waals surface area (Å²) < 4.78 is 0. The first-order valence-electron chi connectivity index (χ1n) is 7.77. The lowest BCUT2D eigenvalue weighted by Gasteiger charge is -2.25. The zero-order chi connectivity index (χ0) is 14.5. The molecule has 2 aromatic carbocycles. The molecule has 1 saturated heterocycles. The lowest BCUT2D eigenvalue weighted by molar-refractivity contribution is 0.235. The molecule has 1 aliphatic rings. The van der Waals surface area contributed by atoms with Crippen molar-refractivity contribution in [3.05, 3.63) is 42.0 Å². The monoisotopic (exact) mass is 282 g/mol. The van der Waals surface area contributed by atoms with Crippen LogP contribution in [0.3, 0.4) is 0 Å². The number of fused-ring (bicyclic) bond motifs is 1. The normalized spacial score (nSPS) is 16.8. The van der Waals surface area contributed by atoms with Crippen LogP contribution in [0.5, 0.6) is 5.75 Å². The molecule has 3 heteroatoms. The number of hydrogen-bond donors (Lipinski definition) is 1. The van der Waals surface area contributed by atoms with Gasteiger partial charge in [0.15, 0.2) is 0 Å². The van der Waals surface area contributed by atoms with Gasteiger partial charge >= 0.3 is 0 Å². The Labute approximate surface area is 125 Å². The average molecular weight is 282 g/mol. The summed E-state index contributed by atoms with van der Waals surface area (Å²) in [6, 6.07) is 11.8. The van der Waals surface area contributed by atoms with Crippen molar-refractivity contribution in [2.45, 2.75) is 19.3 Å². The number of nitrogens with zero attached hydrogens (tertiary/aromatic N) is 2. The molecule has 1 fully saturated rings. The fourth-order valence-corrected chi connectivity index (χ4v) is 2.96. The predicted octanol–water partition coefficient (Wildman–Crippen LogP) is 3.45. The zero-order valence-corrected chi connectivity index (χ0v) is 12.3. The molecule has 0 aromatic heterocycles. The maximum absolute atomic E-state index is 10.1. The summed E-state index contributed by atoms with van der Waals surface area (Å²) in [5, 5.41) is 12.2. The molecular weight excluding hydrogens is 260 g/mol. The molecule has 1 aliphatic heterocycles. The Morgan fingerprint density at radius 1 is 1.05 bits per heavy atom. The Bertz CT molecular complexity index is 630. The number of phenolic OH excluding ortho intramolecular Hbond substituents is 1. The lowest BCUT2D eigenvalue weighted by atomic mass is 10.0. The molecule has 0 unspecified atom stereocenters. The number of likely N-dealkylation sites (tertiary alicyclic amines) is 1. The Balaban J connectivity index is 1.69. The van der Waals surface area contributed by atoms with Crippen molar-refractivity contribution < 1.29 is 5.11 Å². The average Bonchev–Trinajstić information content (AvgIpc) is 2.54. The molecule has 3 rings (SSSR count). The number of benzene rings is 2. The second kappa shape index (κ2) is 6.72. The summed E-state index contributed by atoms with van der Waals surface area (Å²) in [7, 11) is 0. The molecule has 1 N–H and O–H groups in total. The van der Waals surface area contributed by atoms with Crippen molar-refractivity contribution in [3.8, 4) is 5.75 Å². The Hall–Kier alpha value is -1.87. The van der Waals surface area contributed by atoms with E-state index in [1.807, 2.05) is 30.5 Å². The van der Waals surface area contributed by atoms with Crippen molar-refractivity contribution in [1.82, 2.24) is 4.90 Å². The highest BCUT2D eigenvalue weighted by Gasteiger charge is 2.08. The number of piperidine rings is 1. The van der Waals surface area contributed by atoms with Crippen LogP contribution < -0.4 is 0 Å². The van der Waals surface area contributed by atoms with E-state index in [-0.39, 0.29) is 0 Å². The Morgan fingerprint density at radius 3 is 2.71 bits per heavy atom. The van der Waals surface area contributed by atoms with Gasteiger partial charge in [0.2, 0.25) is 0 Å². The minimum absolute atomic E-state index is 0.301. The minimum atomic E-state index is 0.301. The number of rotatable bonds is 4. The Morgan fingerprint density at radius 2 is 1.86 bits per heavy atom. The smallest absolute Gasteiger partial charge is 0.124 e. The van der Waals surface area contributed by atoms with Gasteiger partial charge in [0.1, 0.15) is 5.75 Å². The van der Waals surface area contributed by atoms with E-state index in [0.717, 1.165) is 29.4 Å². The van der Waals surface area contributed by atoms with E-state index < -0.39 is 0 Å². The quantitative estimate of drug-likeness (QED) is 0.872. The number of phenols is 1. The van der Waals surface area contributed by atoms with Gasteiger partial charge < -0.3 is 10.0 Å². The number of hydrogen-bond acceptors (Lipinski definition) is 3. The predicted molar refractivity (Wildman–Crippen MR) is 88.4 cm³/mol. The van der Waals surface area contributed by atoms with E-state index in [4.69, 9.17) is 0 Å². The van der Waals surface area contributed by atoms with E-state index in [1.54, 1.807) is 6.07 Å². The van der Waals surface area contributed by atoms with E-state index in [9.17, 15) is 5.11 Å². The van der Waals surface area contributed by atoms with Crippen molar-refractivity contribution >= 4 is 17.0 Å². The van der Waals surface area contributed by atoms with Crippen LogP contribution in [-0.2, 0) is 0 Å². The summed E-state index contributed by atoms with van der Waals surface area (Å²) in [5.41, 5.74) is 0.826. The summed E-state index contributed by atoms with van der Waals surface area (Å²) >= 11 is 0. The van der Waals surface area contributed by atoms with Crippen LogP contribution >= 0.6 is 0 Å². The van der Waals surface area contributed by atoms with Gasteiger partial charge in [-0.3, -0.25) is 4.99 Å². The van der Waals surface area contributed by atoms with Gasteiger partial charge in [-0.25, -0.2) is 0 Å². The van der Waals surface area contributed by atoms with Crippen LogP contribution in [0, 0.1) is 0 Å². The van der Waals surface area contributed by atoms with E-state index >= 15 is 0 Å². The topological polar surface area (TPSA) is 35.8 Å². The Kier molecular flexibility index (Phi) is 4.51. The van der Waals surface area contributed by atoms with Crippen molar-refractivity contribution in [3.63, 3.8) is 0 Å². The zero-order valence-electron chi connectivity index (χ0n) is 12.3. The lowest BCUT2D eigenvalue weighted by Crippen LogP contribution is -2.31. The minimum Gasteiger partial charge on any atom is -0.507 e. The molecule has 21 heavy (non-hydrogen) atoms. The van der Waals surface area contributed by atoms with Crippen LogP contribution in [0.1, 0.15) is 24.8 Å². The summed E-state index contributed by atoms with van der Waals surface area (Å²) in [6.45, 7) is 4.22. The van der Waals surface area contributed by atoms with Crippen molar-refractivity contribution in [1.29, 1.82) is 0 Å². The third-order valence-corrected chi connectivity index (χ3v) is 4.16. The maximum atomic E-state index is 10.1. The molecule has 0 spiro atoms. The summed E-state index contributed by atoms with van der Waals surface area (Å²) in [5.74, 6) is 0.301. The molecule has 3 nitrogen and oxygen atoms in total. The molecule has 0 bridgehead atoms. The first-order valence-corrected chi connectivity index (χ1v) is 7.77. The fourth-order valence-electron chi connectivity index (χ4n) is 2.96. The second-order valence-corrected chi connectivity index (χ2v) is 5.66. The van der Waals surface area contributed by atoms with Gasteiger partial charge in [0.05, 0.1) is 6.54 Å². The third-order valence-electron chi connectivity index (χ3n) is 4.16. The van der Waals surface area contributed by atoms with Gasteiger partial charge in [-0.05, 0) is 42.8 Å². The van der Waals surface area contributed by atoms with Crippen LogP contribution in [0.25, 0.3) is 10.8 Å². The number of aliphatic imine (C=N–C) groups is 1. The molecular formula is C18H22N2O. The molecule has 2 aromatic rings. The standard InChI is InChI=1S/C18H22N2O/c21-18-9-8-15-6-2-3-7-16(15)17(18)14-19-10-13-20-11-4-1-5-12-20/h2-3,6-9,14,21H,1,4-5,10-13H2. The van der Waals surface area contributed by atoms with E-state index in [1.165, 1.54) is 32.4 Å². The molecule has 0 amide bonds. The SMILES string of the molecule is Oc1ccc2ccccc2c1C=NCCN1CCCCC1. The molecule has 0 aliphatic carbocycles. The molecule has 110 valence electrons. The summed E-state index contributed by atoms with van der Waals surface area (Å²) in [4.78, 5) is 7.00. The fraction of sp³-hybridized carbons (Fsp3) is 0.389. The highest BCUT2D eigenvalue weighted by atomic mass is 16.3. The summed E-state index contributed by atoms with van der Waals surface area (Å²) in [6.07, 6.45) is 5.81. The van der Waals surface area contributed by atoms with Gasteiger partial charge in [0.25, 0.3) is 0 Å². The van der Waals surface area contributed by atoms with Crippen LogP contribution in [0.2, 0.25) is 0 Å². The first-order chi connectivity index (χ1) is 10.3. The van der Waals surface area contributed by atoms with Gasteiger partial charge in [-0.15, -0.1) is 0 Å². The first kappa shape index (κ1) is 14.1. The molecule has 1 heterocycles. The highest BCUT2D eigenvalue weighted by molar-refractivity contribution is 6.02. The highest BCUT2D eigenvalue weighted by Crippen LogP contribution is 2.25. The molecule has 0 saturated carbocycles. The van der Waals surface area contributed by atoms with Crippen molar-refractivity contribution in [2.24, 2.45) is 4.99 Å². The van der Waals surface area contributed by atoms with Crippen LogP contribution in [0.4, 0.5) is 0 Å². The van der Waals surface area contributed by atoms with E-state index in [0.29, 0.717) is 5.75 Å². The van der Waals surface area contributed by atoms with Gasteiger partial charge in [-0.2, -0.15) is 0 Å². The van der Waals surface area contributed by atoms with Crippen LogP contribution in [0.15, 0.2) is 41.4 Å². The molecule has 0 atom stereocenters. The largest absolute Gasteiger partial charge is 0.507 e. The number of aromatic hydroxyl groups is 1. The second-order valence-electron chi connectivity index (χ2n) is 5.66. The van der Waals surface area contributed by atoms with Gasteiger partial charge in [-0.1, -0.05) is 36.8 Å².